The fraction of sp³-hybridized carbons (Fsp3) is 0.500. The lowest BCUT2D eigenvalue weighted by atomic mass is 10.1. The topological polar surface area (TPSA) is 35.5 Å². The van der Waals surface area contributed by atoms with Crippen molar-refractivity contribution in [3.05, 3.63) is 35.4 Å². The molecule has 0 spiro atoms. The molecule has 0 aliphatic heterocycles. The van der Waals surface area contributed by atoms with Crippen molar-refractivity contribution in [2.75, 3.05) is 13.2 Å². The monoisotopic (exact) mass is 310 g/mol. The Balaban J connectivity index is 3.14. The zero-order chi connectivity index (χ0) is 14.5. The lowest BCUT2D eigenvalue weighted by molar-refractivity contribution is 0.0360. The summed E-state index contributed by atoms with van der Waals surface area (Å²) < 4.78 is 50.2. The molecule has 0 amide bonds. The van der Waals surface area contributed by atoms with Gasteiger partial charge in [0.1, 0.15) is 0 Å². The first-order valence-corrected chi connectivity index (χ1v) is 8.06. The van der Waals surface area contributed by atoms with E-state index in [1.54, 1.807) is 0 Å². The molecule has 1 aromatic rings. The van der Waals surface area contributed by atoms with E-state index in [0.29, 0.717) is 5.75 Å². The van der Waals surface area contributed by atoms with Gasteiger partial charge in [-0.25, -0.2) is 0 Å². The minimum absolute atomic E-state index is 0.110. The molecule has 3 nitrogen and oxygen atoms in total. The number of halogens is 2. The number of thiol groups is 1. The smallest absolute Gasteiger partial charge is 0.304 e. The van der Waals surface area contributed by atoms with E-state index in [1.807, 2.05) is 0 Å². The van der Waals surface area contributed by atoms with Crippen molar-refractivity contribution in [3.63, 3.8) is 0 Å². The highest BCUT2D eigenvalue weighted by molar-refractivity contribution is 7.79. The highest BCUT2D eigenvalue weighted by atomic mass is 32.1. The van der Waals surface area contributed by atoms with Crippen molar-refractivity contribution in [1.82, 2.24) is 0 Å². The minimum Gasteiger partial charge on any atom is -0.304 e. The fourth-order valence-corrected chi connectivity index (χ4v) is 3.26. The first kappa shape index (κ1) is 16.6. The van der Waals surface area contributed by atoms with E-state index in [-0.39, 0.29) is 18.8 Å². The maximum Gasteiger partial charge on any atom is 0.404 e. The SMILES string of the molecule is CCOP(=O)(OCC)C(F)(F)c1ccc(CS)cc1. The van der Waals surface area contributed by atoms with Crippen LogP contribution in [0.15, 0.2) is 24.3 Å². The number of hydrogen-bond acceptors (Lipinski definition) is 4. The third-order valence-corrected chi connectivity index (χ3v) is 4.93. The van der Waals surface area contributed by atoms with Crippen molar-refractivity contribution < 1.29 is 22.4 Å². The van der Waals surface area contributed by atoms with Gasteiger partial charge in [-0.15, -0.1) is 0 Å². The van der Waals surface area contributed by atoms with Crippen molar-refractivity contribution in [3.8, 4) is 0 Å². The molecule has 0 saturated carbocycles. The number of hydrogen-bond donors (Lipinski definition) is 1. The summed E-state index contributed by atoms with van der Waals surface area (Å²) in [5.74, 6) is 0.445. The van der Waals surface area contributed by atoms with E-state index in [4.69, 9.17) is 9.05 Å². The van der Waals surface area contributed by atoms with Crippen molar-refractivity contribution in [2.45, 2.75) is 25.3 Å². The zero-order valence-electron chi connectivity index (χ0n) is 10.8. The Kier molecular flexibility index (Phi) is 5.99. The number of rotatable bonds is 7. The molecule has 0 unspecified atom stereocenters. The van der Waals surface area contributed by atoms with E-state index in [1.165, 1.54) is 38.1 Å². The second-order valence-corrected chi connectivity index (χ2v) is 6.12. The molecule has 0 bridgehead atoms. The van der Waals surface area contributed by atoms with Gasteiger partial charge < -0.3 is 9.05 Å². The summed E-state index contributed by atoms with van der Waals surface area (Å²) in [5.41, 5.74) is -3.26. The summed E-state index contributed by atoms with van der Waals surface area (Å²) in [7, 11) is -4.52. The Morgan fingerprint density at radius 3 is 2.00 bits per heavy atom. The molecule has 19 heavy (non-hydrogen) atoms. The van der Waals surface area contributed by atoms with Crippen LogP contribution in [0.25, 0.3) is 0 Å². The molecule has 108 valence electrons. The van der Waals surface area contributed by atoms with Gasteiger partial charge >= 0.3 is 13.3 Å². The van der Waals surface area contributed by atoms with Gasteiger partial charge in [-0.05, 0) is 19.4 Å². The summed E-state index contributed by atoms with van der Waals surface area (Å²) in [5, 5.41) is 0. The van der Waals surface area contributed by atoms with Gasteiger partial charge in [0.25, 0.3) is 0 Å². The van der Waals surface area contributed by atoms with Crippen LogP contribution in [0.5, 0.6) is 0 Å². The van der Waals surface area contributed by atoms with E-state index in [0.717, 1.165) is 5.56 Å². The maximum atomic E-state index is 14.3. The Labute approximate surface area is 117 Å². The molecular formula is C12H17F2O3PS. The molecule has 0 N–H and O–H groups in total. The van der Waals surface area contributed by atoms with Crippen molar-refractivity contribution in [2.24, 2.45) is 0 Å². The quantitative estimate of drug-likeness (QED) is 0.597. The van der Waals surface area contributed by atoms with Crippen LogP contribution in [0.1, 0.15) is 25.0 Å². The average molecular weight is 310 g/mol. The molecule has 0 aromatic heterocycles. The number of benzene rings is 1. The van der Waals surface area contributed by atoms with E-state index >= 15 is 0 Å². The molecule has 0 atom stereocenters. The lowest BCUT2D eigenvalue weighted by Crippen LogP contribution is -2.18. The summed E-state index contributed by atoms with van der Waals surface area (Å²) in [4.78, 5) is 0. The largest absolute Gasteiger partial charge is 0.404 e. The van der Waals surface area contributed by atoms with Gasteiger partial charge in [0, 0.05) is 11.3 Å². The number of alkyl halides is 2. The minimum atomic E-state index is -4.52. The predicted molar refractivity (Wildman–Crippen MR) is 73.9 cm³/mol. The summed E-state index contributed by atoms with van der Waals surface area (Å²) >= 11 is 4.05. The molecule has 0 fully saturated rings. The normalized spacial score (nSPS) is 12.7. The molecule has 7 heteroatoms. The van der Waals surface area contributed by atoms with E-state index < -0.39 is 13.3 Å². The van der Waals surface area contributed by atoms with Crippen LogP contribution in [0.4, 0.5) is 8.78 Å². The second-order valence-electron chi connectivity index (χ2n) is 3.73. The molecule has 0 aliphatic rings. The third kappa shape index (κ3) is 3.57. The predicted octanol–water partition coefficient (Wildman–Crippen LogP) is 4.43. The Morgan fingerprint density at radius 2 is 1.63 bits per heavy atom. The van der Waals surface area contributed by atoms with Crippen LogP contribution in [0, 0.1) is 0 Å². The van der Waals surface area contributed by atoms with E-state index in [2.05, 4.69) is 12.6 Å². The Morgan fingerprint density at radius 1 is 1.16 bits per heavy atom. The summed E-state index contributed by atoms with van der Waals surface area (Å²) in [6.45, 7) is 2.76. The molecular weight excluding hydrogens is 293 g/mol. The third-order valence-electron chi connectivity index (χ3n) is 2.43. The van der Waals surface area contributed by atoms with E-state index in [9.17, 15) is 13.3 Å². The van der Waals surface area contributed by atoms with Crippen LogP contribution in [-0.4, -0.2) is 13.2 Å². The Bertz CT molecular complexity index is 441. The van der Waals surface area contributed by atoms with Gasteiger partial charge in [0.15, 0.2) is 0 Å². The van der Waals surface area contributed by atoms with Gasteiger partial charge in [-0.2, -0.15) is 21.4 Å². The van der Waals surface area contributed by atoms with Crippen LogP contribution >= 0.6 is 20.2 Å². The molecule has 0 saturated heterocycles. The highest BCUT2D eigenvalue weighted by Gasteiger charge is 2.54. The zero-order valence-corrected chi connectivity index (χ0v) is 12.6. The first-order chi connectivity index (χ1) is 8.91. The maximum absolute atomic E-state index is 14.3. The molecule has 0 aliphatic carbocycles. The lowest BCUT2D eigenvalue weighted by Gasteiger charge is -2.26. The van der Waals surface area contributed by atoms with Gasteiger partial charge in [0.2, 0.25) is 0 Å². The second kappa shape index (κ2) is 6.84. The fourth-order valence-electron chi connectivity index (χ4n) is 1.51. The average Bonchev–Trinajstić information content (AvgIpc) is 2.39. The van der Waals surface area contributed by atoms with Crippen LogP contribution < -0.4 is 0 Å². The summed E-state index contributed by atoms with van der Waals surface area (Å²) in [6.07, 6.45) is 0. The van der Waals surface area contributed by atoms with Crippen LogP contribution in [0.3, 0.4) is 0 Å². The van der Waals surface area contributed by atoms with Gasteiger partial charge in [-0.1, -0.05) is 24.3 Å². The van der Waals surface area contributed by atoms with Crippen LogP contribution in [-0.2, 0) is 25.0 Å². The van der Waals surface area contributed by atoms with Gasteiger partial charge in [0.05, 0.1) is 13.2 Å². The standard InChI is InChI=1S/C12H17F2O3PS/c1-3-16-18(15,17-4-2)12(13,14)11-7-5-10(9-19)6-8-11/h5-8,19H,3-4,9H2,1-2H3. The molecule has 0 heterocycles. The Hall–Kier alpha value is -0.420. The van der Waals surface area contributed by atoms with Crippen molar-refractivity contribution in [1.29, 1.82) is 0 Å². The molecule has 0 radical (unpaired) electrons. The van der Waals surface area contributed by atoms with Crippen molar-refractivity contribution >= 4 is 20.2 Å². The summed E-state index contributed by atoms with van der Waals surface area (Å²) in [6, 6.07) is 5.46. The first-order valence-electron chi connectivity index (χ1n) is 5.88. The molecule has 1 rings (SSSR count). The highest BCUT2D eigenvalue weighted by Crippen LogP contribution is 2.66. The van der Waals surface area contributed by atoms with Gasteiger partial charge in [-0.3, -0.25) is 4.57 Å². The van der Waals surface area contributed by atoms with Crippen LogP contribution in [0.2, 0.25) is 0 Å². The molecule has 1 aromatic carbocycles.